The summed E-state index contributed by atoms with van der Waals surface area (Å²) in [5, 5.41) is 4.12. The highest BCUT2D eigenvalue weighted by molar-refractivity contribution is 5.76. The standard InChI is InChI=1S/C15H12N6O/c1-9-3-2-4-11(18-9)14-13(19-15(22)20-14)10-5-6-12-16-8-17-21(12)7-10/h2-8H,1H3,(H2,19,20,22). The molecule has 0 aliphatic rings. The van der Waals surface area contributed by atoms with Gasteiger partial charge >= 0.3 is 5.69 Å². The molecule has 0 radical (unpaired) electrons. The summed E-state index contributed by atoms with van der Waals surface area (Å²) in [5.74, 6) is 0. The number of nitrogens with one attached hydrogen (secondary N) is 2. The Kier molecular flexibility index (Phi) is 2.65. The van der Waals surface area contributed by atoms with E-state index < -0.39 is 0 Å². The zero-order valence-electron chi connectivity index (χ0n) is 11.7. The molecule has 2 N–H and O–H groups in total. The van der Waals surface area contributed by atoms with Gasteiger partial charge in [0.15, 0.2) is 5.65 Å². The van der Waals surface area contributed by atoms with Gasteiger partial charge in [-0.05, 0) is 31.2 Å². The van der Waals surface area contributed by atoms with E-state index in [-0.39, 0.29) is 5.69 Å². The number of pyridine rings is 2. The summed E-state index contributed by atoms with van der Waals surface area (Å²) < 4.78 is 1.66. The molecule has 7 nitrogen and oxygen atoms in total. The highest BCUT2D eigenvalue weighted by atomic mass is 16.1. The SMILES string of the molecule is Cc1cccc(-c2[nH]c(=O)[nH]c2-c2ccc3ncnn3c2)n1. The third kappa shape index (κ3) is 1.99. The molecule has 0 unspecified atom stereocenters. The Morgan fingerprint density at radius 3 is 2.82 bits per heavy atom. The number of hydrogen-bond donors (Lipinski definition) is 2. The molecule has 0 aliphatic carbocycles. The van der Waals surface area contributed by atoms with Crippen molar-refractivity contribution in [2.45, 2.75) is 6.92 Å². The molecule has 0 saturated carbocycles. The van der Waals surface area contributed by atoms with E-state index in [1.165, 1.54) is 6.33 Å². The molecule has 0 fully saturated rings. The minimum absolute atomic E-state index is 0.271. The largest absolute Gasteiger partial charge is 0.323 e. The van der Waals surface area contributed by atoms with Crippen molar-refractivity contribution < 1.29 is 0 Å². The second kappa shape index (κ2) is 4.66. The molecular formula is C15H12N6O. The predicted octanol–water partition coefficient (Wildman–Crippen LogP) is 1.78. The van der Waals surface area contributed by atoms with Crippen molar-refractivity contribution in [3.63, 3.8) is 0 Å². The van der Waals surface area contributed by atoms with E-state index in [9.17, 15) is 4.79 Å². The Hall–Kier alpha value is -3.22. The molecule has 0 bridgehead atoms. The number of aryl methyl sites for hydroxylation is 1. The van der Waals surface area contributed by atoms with E-state index in [2.05, 4.69) is 25.0 Å². The third-order valence-electron chi connectivity index (χ3n) is 3.43. The normalized spacial score (nSPS) is 11.1. The highest BCUT2D eigenvalue weighted by Crippen LogP contribution is 2.26. The maximum absolute atomic E-state index is 11.8. The number of rotatable bonds is 2. The Morgan fingerprint density at radius 2 is 1.95 bits per heavy atom. The van der Waals surface area contributed by atoms with Crippen LogP contribution >= 0.6 is 0 Å². The van der Waals surface area contributed by atoms with Crippen molar-refractivity contribution in [1.82, 2.24) is 29.5 Å². The molecule has 0 aromatic carbocycles. The number of H-pyrrole nitrogens is 2. The van der Waals surface area contributed by atoms with Gasteiger partial charge in [-0.2, -0.15) is 5.10 Å². The number of imidazole rings is 1. The van der Waals surface area contributed by atoms with E-state index in [1.807, 2.05) is 43.5 Å². The smallest absolute Gasteiger partial charge is 0.305 e. The van der Waals surface area contributed by atoms with Crippen LogP contribution in [0.5, 0.6) is 0 Å². The average molecular weight is 292 g/mol. The maximum atomic E-state index is 11.8. The Labute approximate surface area is 124 Å². The molecule has 7 heteroatoms. The van der Waals surface area contributed by atoms with Crippen LogP contribution in [0.25, 0.3) is 28.3 Å². The van der Waals surface area contributed by atoms with Crippen molar-refractivity contribution in [3.05, 3.63) is 59.0 Å². The lowest BCUT2D eigenvalue weighted by Gasteiger charge is -2.04. The first-order valence-electron chi connectivity index (χ1n) is 6.77. The van der Waals surface area contributed by atoms with Gasteiger partial charge in [0.05, 0.1) is 17.1 Å². The molecule has 4 heterocycles. The van der Waals surface area contributed by atoms with Crippen LogP contribution in [-0.4, -0.2) is 29.5 Å². The average Bonchev–Trinajstić information content (AvgIpc) is 3.12. The highest BCUT2D eigenvalue weighted by Gasteiger charge is 2.13. The Bertz CT molecular complexity index is 1030. The van der Waals surface area contributed by atoms with Gasteiger partial charge in [0.2, 0.25) is 0 Å². The molecule has 4 aromatic heterocycles. The first kappa shape index (κ1) is 12.5. The van der Waals surface area contributed by atoms with Crippen molar-refractivity contribution in [1.29, 1.82) is 0 Å². The van der Waals surface area contributed by atoms with Crippen LogP contribution in [-0.2, 0) is 0 Å². The molecule has 0 spiro atoms. The van der Waals surface area contributed by atoms with Crippen molar-refractivity contribution >= 4 is 5.65 Å². The van der Waals surface area contributed by atoms with E-state index in [4.69, 9.17) is 0 Å². The van der Waals surface area contributed by atoms with Crippen molar-refractivity contribution in [2.24, 2.45) is 0 Å². The third-order valence-corrected chi connectivity index (χ3v) is 3.43. The van der Waals surface area contributed by atoms with E-state index in [0.29, 0.717) is 17.1 Å². The quantitative estimate of drug-likeness (QED) is 0.589. The molecule has 0 aliphatic heterocycles. The fraction of sp³-hybridized carbons (Fsp3) is 0.0667. The van der Waals surface area contributed by atoms with Crippen LogP contribution in [0, 0.1) is 6.92 Å². The summed E-state index contributed by atoms with van der Waals surface area (Å²) in [6.45, 7) is 1.91. The molecular weight excluding hydrogens is 280 g/mol. The molecule has 108 valence electrons. The minimum atomic E-state index is -0.271. The van der Waals surface area contributed by atoms with Crippen LogP contribution in [0.15, 0.2) is 47.7 Å². The first-order chi connectivity index (χ1) is 10.7. The van der Waals surface area contributed by atoms with E-state index in [1.54, 1.807) is 4.52 Å². The fourth-order valence-corrected chi connectivity index (χ4v) is 2.44. The zero-order valence-corrected chi connectivity index (χ0v) is 11.7. The summed E-state index contributed by atoms with van der Waals surface area (Å²) >= 11 is 0. The predicted molar refractivity (Wildman–Crippen MR) is 81.4 cm³/mol. The summed E-state index contributed by atoms with van der Waals surface area (Å²) in [6, 6.07) is 9.43. The molecule has 0 atom stereocenters. The number of aromatic nitrogens is 6. The lowest BCUT2D eigenvalue weighted by atomic mass is 10.1. The zero-order chi connectivity index (χ0) is 15.1. The number of aromatic amines is 2. The second-order valence-electron chi connectivity index (χ2n) is 4.97. The van der Waals surface area contributed by atoms with Gasteiger partial charge in [-0.25, -0.2) is 14.3 Å². The van der Waals surface area contributed by atoms with Crippen molar-refractivity contribution in [2.75, 3.05) is 0 Å². The van der Waals surface area contributed by atoms with Gasteiger partial charge in [0.25, 0.3) is 0 Å². The fourth-order valence-electron chi connectivity index (χ4n) is 2.44. The lowest BCUT2D eigenvalue weighted by molar-refractivity contribution is 0.962. The summed E-state index contributed by atoms with van der Waals surface area (Å²) in [7, 11) is 0. The Morgan fingerprint density at radius 1 is 1.09 bits per heavy atom. The molecule has 4 aromatic rings. The van der Waals surface area contributed by atoms with Gasteiger partial charge in [-0.3, -0.25) is 4.98 Å². The van der Waals surface area contributed by atoms with Crippen LogP contribution in [0.1, 0.15) is 5.69 Å². The van der Waals surface area contributed by atoms with Gasteiger partial charge < -0.3 is 9.97 Å². The van der Waals surface area contributed by atoms with Gasteiger partial charge in [-0.1, -0.05) is 6.07 Å². The molecule has 0 amide bonds. The van der Waals surface area contributed by atoms with Crippen LogP contribution in [0.4, 0.5) is 0 Å². The van der Waals surface area contributed by atoms with Gasteiger partial charge in [0.1, 0.15) is 6.33 Å². The number of fused-ring (bicyclic) bond motifs is 1. The van der Waals surface area contributed by atoms with Gasteiger partial charge in [0, 0.05) is 17.5 Å². The number of nitrogens with zero attached hydrogens (tertiary/aromatic N) is 4. The van der Waals surface area contributed by atoms with E-state index >= 15 is 0 Å². The van der Waals surface area contributed by atoms with Crippen LogP contribution in [0.2, 0.25) is 0 Å². The monoisotopic (exact) mass is 292 g/mol. The van der Waals surface area contributed by atoms with Crippen molar-refractivity contribution in [3.8, 4) is 22.6 Å². The Balaban J connectivity index is 1.93. The topological polar surface area (TPSA) is 91.7 Å². The lowest BCUT2D eigenvalue weighted by Crippen LogP contribution is -2.00. The van der Waals surface area contributed by atoms with Crippen LogP contribution in [0.3, 0.4) is 0 Å². The van der Waals surface area contributed by atoms with Crippen LogP contribution < -0.4 is 5.69 Å². The van der Waals surface area contributed by atoms with Gasteiger partial charge in [-0.15, -0.1) is 0 Å². The molecule has 22 heavy (non-hydrogen) atoms. The molecule has 0 saturated heterocycles. The molecule has 4 rings (SSSR count). The summed E-state index contributed by atoms with van der Waals surface area (Å²) in [4.78, 5) is 26.0. The van der Waals surface area contributed by atoms with E-state index in [0.717, 1.165) is 16.9 Å². The summed E-state index contributed by atoms with van der Waals surface area (Å²) in [5.41, 5.74) is 4.25. The summed E-state index contributed by atoms with van der Waals surface area (Å²) in [6.07, 6.45) is 3.31. The first-order valence-corrected chi connectivity index (χ1v) is 6.77. The second-order valence-corrected chi connectivity index (χ2v) is 4.97. The maximum Gasteiger partial charge on any atom is 0.323 e. The number of hydrogen-bond acceptors (Lipinski definition) is 4. The minimum Gasteiger partial charge on any atom is -0.305 e.